The Hall–Kier alpha value is -0.730. The van der Waals surface area contributed by atoms with Crippen LogP contribution in [0.5, 0.6) is 0 Å². The molecule has 0 radical (unpaired) electrons. The van der Waals surface area contributed by atoms with Gasteiger partial charge in [-0.15, -0.1) is 0 Å². The number of amides is 1. The molecule has 0 saturated carbocycles. The lowest BCUT2D eigenvalue weighted by molar-refractivity contribution is -0.137. The molecular formula is C18H34N4O3. The molecular weight excluding hydrogens is 320 g/mol. The Labute approximate surface area is 151 Å². The number of piperidine rings is 1. The summed E-state index contributed by atoms with van der Waals surface area (Å²) in [5.74, 6) is 1.54. The summed E-state index contributed by atoms with van der Waals surface area (Å²) >= 11 is 0. The van der Waals surface area contributed by atoms with E-state index in [-0.39, 0.29) is 5.91 Å². The quantitative estimate of drug-likeness (QED) is 0.663. The van der Waals surface area contributed by atoms with Gasteiger partial charge in [-0.25, -0.2) is 0 Å². The van der Waals surface area contributed by atoms with Crippen LogP contribution in [-0.4, -0.2) is 101 Å². The van der Waals surface area contributed by atoms with Crippen molar-refractivity contribution in [3.63, 3.8) is 0 Å². The lowest BCUT2D eigenvalue weighted by atomic mass is 9.83. The molecule has 3 aliphatic rings. The van der Waals surface area contributed by atoms with Gasteiger partial charge in [-0.1, -0.05) is 0 Å². The fourth-order valence-electron chi connectivity index (χ4n) is 4.38. The number of piperazine rings is 1. The second-order valence-electron chi connectivity index (χ2n) is 7.54. The molecule has 0 aromatic heterocycles. The minimum Gasteiger partial charge on any atom is -0.385 e. The summed E-state index contributed by atoms with van der Waals surface area (Å²) in [6.07, 6.45) is 2.35. The highest BCUT2D eigenvalue weighted by molar-refractivity contribution is 5.78. The third-order valence-electron chi connectivity index (χ3n) is 5.85. The monoisotopic (exact) mass is 354 g/mol. The molecule has 3 atom stereocenters. The average Bonchev–Trinajstić information content (AvgIpc) is 2.67. The van der Waals surface area contributed by atoms with E-state index in [0.717, 1.165) is 58.8 Å². The van der Waals surface area contributed by atoms with Crippen LogP contribution in [0.1, 0.15) is 12.8 Å². The van der Waals surface area contributed by atoms with E-state index >= 15 is 0 Å². The maximum atomic E-state index is 12.7. The highest BCUT2D eigenvalue weighted by Crippen LogP contribution is 2.26. The molecule has 1 amide bonds. The Morgan fingerprint density at radius 1 is 1.16 bits per heavy atom. The van der Waals surface area contributed by atoms with E-state index in [0.29, 0.717) is 37.6 Å². The van der Waals surface area contributed by atoms with Crippen LogP contribution in [0.25, 0.3) is 0 Å². The normalized spacial score (nSPS) is 31.9. The number of rotatable bonds is 6. The molecule has 3 heterocycles. The molecule has 0 aliphatic carbocycles. The molecule has 7 heteroatoms. The summed E-state index contributed by atoms with van der Waals surface area (Å²) in [5, 5.41) is 7.14. The zero-order valence-corrected chi connectivity index (χ0v) is 15.5. The van der Waals surface area contributed by atoms with E-state index in [4.69, 9.17) is 9.47 Å². The topological polar surface area (TPSA) is 66.1 Å². The summed E-state index contributed by atoms with van der Waals surface area (Å²) in [6, 6.07) is 0.441. The molecule has 0 aromatic carbocycles. The molecule has 2 N–H and O–H groups in total. The van der Waals surface area contributed by atoms with Gasteiger partial charge in [0.05, 0.1) is 19.8 Å². The average molecular weight is 354 g/mol. The van der Waals surface area contributed by atoms with Gasteiger partial charge in [0, 0.05) is 52.5 Å². The van der Waals surface area contributed by atoms with Crippen LogP contribution in [0.2, 0.25) is 0 Å². The third kappa shape index (κ3) is 5.37. The van der Waals surface area contributed by atoms with Gasteiger partial charge in [0.1, 0.15) is 0 Å². The summed E-state index contributed by atoms with van der Waals surface area (Å²) in [5.41, 5.74) is 0. The van der Waals surface area contributed by atoms with Crippen LogP contribution in [0, 0.1) is 11.8 Å². The van der Waals surface area contributed by atoms with Crippen LogP contribution in [0.15, 0.2) is 0 Å². The van der Waals surface area contributed by atoms with Crippen LogP contribution < -0.4 is 10.6 Å². The second kappa shape index (κ2) is 9.83. The molecule has 3 aliphatic heterocycles. The first-order valence-electron chi connectivity index (χ1n) is 9.78. The third-order valence-corrected chi connectivity index (χ3v) is 5.85. The minimum atomic E-state index is 0.259. The lowest BCUT2D eigenvalue weighted by Crippen LogP contribution is -2.60. The molecule has 3 rings (SSSR count). The number of morpholine rings is 1. The van der Waals surface area contributed by atoms with E-state index < -0.39 is 0 Å². The van der Waals surface area contributed by atoms with Crippen molar-refractivity contribution in [1.29, 1.82) is 0 Å². The molecule has 0 bridgehead atoms. The first-order valence-corrected chi connectivity index (χ1v) is 9.78. The number of methoxy groups -OCH3 is 1. The molecule has 0 spiro atoms. The van der Waals surface area contributed by atoms with E-state index in [1.807, 2.05) is 4.90 Å². The van der Waals surface area contributed by atoms with Crippen molar-refractivity contribution in [3.05, 3.63) is 0 Å². The zero-order valence-electron chi connectivity index (χ0n) is 15.5. The first kappa shape index (κ1) is 19.0. The fourth-order valence-corrected chi connectivity index (χ4v) is 4.38. The van der Waals surface area contributed by atoms with Gasteiger partial charge in [-0.2, -0.15) is 0 Å². The fraction of sp³-hybridized carbons (Fsp3) is 0.944. The van der Waals surface area contributed by atoms with Crippen LogP contribution in [0.3, 0.4) is 0 Å². The van der Waals surface area contributed by atoms with Crippen molar-refractivity contribution in [3.8, 4) is 0 Å². The van der Waals surface area contributed by atoms with E-state index in [2.05, 4.69) is 15.5 Å². The predicted molar refractivity (Wildman–Crippen MR) is 96.6 cm³/mol. The number of hydrogen-bond donors (Lipinski definition) is 2. The maximum absolute atomic E-state index is 12.7. The van der Waals surface area contributed by atoms with Gasteiger partial charge in [0.2, 0.25) is 5.91 Å². The van der Waals surface area contributed by atoms with E-state index in [1.54, 1.807) is 7.11 Å². The van der Waals surface area contributed by atoms with E-state index in [1.165, 1.54) is 6.42 Å². The number of hydrogen-bond acceptors (Lipinski definition) is 6. The number of carbonyl (C=O) groups is 1. The largest absolute Gasteiger partial charge is 0.385 e. The molecule has 0 aromatic rings. The molecule has 3 saturated heterocycles. The molecule has 25 heavy (non-hydrogen) atoms. The highest BCUT2D eigenvalue weighted by atomic mass is 16.5. The van der Waals surface area contributed by atoms with Gasteiger partial charge >= 0.3 is 0 Å². The lowest BCUT2D eigenvalue weighted by Gasteiger charge is -2.44. The summed E-state index contributed by atoms with van der Waals surface area (Å²) in [4.78, 5) is 17.1. The Morgan fingerprint density at radius 3 is 2.80 bits per heavy atom. The molecule has 3 unspecified atom stereocenters. The molecule has 7 nitrogen and oxygen atoms in total. The molecule has 3 fully saturated rings. The highest BCUT2D eigenvalue weighted by Gasteiger charge is 2.34. The second-order valence-corrected chi connectivity index (χ2v) is 7.54. The SMILES string of the molecule is COCCC1CNCC(C2CNCCN2CC(=O)N2CCOCC2)C1. The van der Waals surface area contributed by atoms with Crippen LogP contribution >= 0.6 is 0 Å². The van der Waals surface area contributed by atoms with Crippen molar-refractivity contribution in [1.82, 2.24) is 20.4 Å². The standard InChI is InChI=1S/C18H34N4O3/c1-24-7-2-15-10-16(12-20-11-15)17-13-19-3-4-22(17)14-18(23)21-5-8-25-9-6-21/h15-17,19-20H,2-14H2,1H3. The smallest absolute Gasteiger partial charge is 0.236 e. The van der Waals surface area contributed by atoms with Crippen LogP contribution in [0.4, 0.5) is 0 Å². The number of ether oxygens (including phenoxy) is 2. The number of nitrogens with zero attached hydrogens (tertiary/aromatic N) is 2. The van der Waals surface area contributed by atoms with E-state index in [9.17, 15) is 4.79 Å². The van der Waals surface area contributed by atoms with Crippen molar-refractivity contribution < 1.29 is 14.3 Å². The summed E-state index contributed by atoms with van der Waals surface area (Å²) < 4.78 is 10.6. The summed E-state index contributed by atoms with van der Waals surface area (Å²) in [6.45, 7) is 9.26. The van der Waals surface area contributed by atoms with Crippen LogP contribution in [-0.2, 0) is 14.3 Å². The maximum Gasteiger partial charge on any atom is 0.236 e. The number of carbonyl (C=O) groups excluding carboxylic acids is 1. The van der Waals surface area contributed by atoms with Crippen molar-refractivity contribution in [2.75, 3.05) is 79.3 Å². The van der Waals surface area contributed by atoms with Gasteiger partial charge in [0.25, 0.3) is 0 Å². The Kier molecular flexibility index (Phi) is 7.49. The minimum absolute atomic E-state index is 0.259. The van der Waals surface area contributed by atoms with Gasteiger partial charge < -0.3 is 25.0 Å². The summed E-state index contributed by atoms with van der Waals surface area (Å²) in [7, 11) is 1.78. The van der Waals surface area contributed by atoms with Crippen molar-refractivity contribution >= 4 is 5.91 Å². The van der Waals surface area contributed by atoms with Crippen molar-refractivity contribution in [2.45, 2.75) is 18.9 Å². The Morgan fingerprint density at radius 2 is 2.00 bits per heavy atom. The molecule has 144 valence electrons. The first-order chi connectivity index (χ1) is 12.3. The zero-order chi connectivity index (χ0) is 17.5. The Balaban J connectivity index is 1.55. The predicted octanol–water partition coefficient (Wildman–Crippen LogP) is -0.619. The van der Waals surface area contributed by atoms with Gasteiger partial charge in [-0.3, -0.25) is 9.69 Å². The number of nitrogens with one attached hydrogen (secondary N) is 2. The van der Waals surface area contributed by atoms with Gasteiger partial charge in [0.15, 0.2) is 0 Å². The Bertz CT molecular complexity index is 417. The van der Waals surface area contributed by atoms with Gasteiger partial charge in [-0.05, 0) is 37.8 Å². The van der Waals surface area contributed by atoms with Crippen molar-refractivity contribution in [2.24, 2.45) is 11.8 Å².